The number of hydrogen-bond acceptors (Lipinski definition) is 3. The molecule has 1 aromatic carbocycles. The molecule has 0 spiro atoms. The average Bonchev–Trinajstić information content (AvgIpc) is 2.41. The SMILES string of the molecule is CC1(C)CCSCC1N[C@@H](CO)Cc1ccccc1. The molecule has 1 unspecified atom stereocenters. The van der Waals surface area contributed by atoms with Gasteiger partial charge in [0.2, 0.25) is 0 Å². The van der Waals surface area contributed by atoms with Gasteiger partial charge in [0, 0.05) is 17.8 Å². The van der Waals surface area contributed by atoms with Crippen molar-refractivity contribution < 1.29 is 5.11 Å². The maximum atomic E-state index is 9.62. The lowest BCUT2D eigenvalue weighted by Gasteiger charge is -2.40. The molecule has 0 aromatic heterocycles. The highest BCUT2D eigenvalue weighted by Gasteiger charge is 2.33. The van der Waals surface area contributed by atoms with Crippen molar-refractivity contribution in [3.63, 3.8) is 0 Å². The second-order valence-corrected chi connectivity index (χ2v) is 7.25. The van der Waals surface area contributed by atoms with Crippen molar-refractivity contribution in [2.24, 2.45) is 5.41 Å². The zero-order valence-electron chi connectivity index (χ0n) is 11.9. The molecule has 1 saturated heterocycles. The quantitative estimate of drug-likeness (QED) is 0.869. The highest BCUT2D eigenvalue weighted by molar-refractivity contribution is 7.99. The van der Waals surface area contributed by atoms with Crippen LogP contribution in [0.4, 0.5) is 0 Å². The zero-order valence-corrected chi connectivity index (χ0v) is 12.7. The second kappa shape index (κ2) is 6.78. The maximum Gasteiger partial charge on any atom is 0.0587 e. The van der Waals surface area contributed by atoms with E-state index in [4.69, 9.17) is 0 Å². The molecule has 3 heteroatoms. The molecule has 2 N–H and O–H groups in total. The first-order valence-electron chi connectivity index (χ1n) is 7.10. The van der Waals surface area contributed by atoms with E-state index in [-0.39, 0.29) is 12.6 Å². The van der Waals surface area contributed by atoms with Crippen molar-refractivity contribution in [3.8, 4) is 0 Å². The smallest absolute Gasteiger partial charge is 0.0587 e. The zero-order chi connectivity index (χ0) is 13.7. The highest BCUT2D eigenvalue weighted by atomic mass is 32.2. The maximum absolute atomic E-state index is 9.62. The third-order valence-electron chi connectivity index (χ3n) is 4.10. The number of aliphatic hydroxyl groups excluding tert-OH is 1. The summed E-state index contributed by atoms with van der Waals surface area (Å²) >= 11 is 2.02. The molecule has 1 aliphatic rings. The number of aliphatic hydroxyl groups is 1. The summed E-state index contributed by atoms with van der Waals surface area (Å²) in [5.41, 5.74) is 1.62. The van der Waals surface area contributed by atoms with Gasteiger partial charge < -0.3 is 10.4 Å². The summed E-state index contributed by atoms with van der Waals surface area (Å²) in [7, 11) is 0. The fourth-order valence-electron chi connectivity index (χ4n) is 2.57. The molecule has 0 amide bonds. The first-order valence-corrected chi connectivity index (χ1v) is 8.26. The number of thioether (sulfide) groups is 1. The molecule has 2 rings (SSSR count). The van der Waals surface area contributed by atoms with Crippen LogP contribution in [-0.2, 0) is 6.42 Å². The van der Waals surface area contributed by atoms with Crippen LogP contribution in [0.15, 0.2) is 30.3 Å². The van der Waals surface area contributed by atoms with Gasteiger partial charge in [-0.1, -0.05) is 44.2 Å². The normalized spacial score (nSPS) is 24.1. The second-order valence-electron chi connectivity index (χ2n) is 6.10. The van der Waals surface area contributed by atoms with E-state index in [1.165, 1.54) is 17.7 Å². The largest absolute Gasteiger partial charge is 0.395 e. The number of benzene rings is 1. The van der Waals surface area contributed by atoms with Crippen LogP contribution in [-0.4, -0.2) is 35.3 Å². The van der Waals surface area contributed by atoms with Crippen LogP contribution in [0.25, 0.3) is 0 Å². The van der Waals surface area contributed by atoms with Crippen molar-refractivity contribution >= 4 is 11.8 Å². The minimum Gasteiger partial charge on any atom is -0.395 e. The predicted molar refractivity (Wildman–Crippen MR) is 83.7 cm³/mol. The van der Waals surface area contributed by atoms with E-state index in [0.717, 1.165) is 12.2 Å². The van der Waals surface area contributed by atoms with Gasteiger partial charge in [0.1, 0.15) is 0 Å². The molecule has 0 saturated carbocycles. The summed E-state index contributed by atoms with van der Waals surface area (Å²) < 4.78 is 0. The van der Waals surface area contributed by atoms with Gasteiger partial charge in [-0.3, -0.25) is 0 Å². The summed E-state index contributed by atoms with van der Waals surface area (Å²) in [5, 5.41) is 13.3. The van der Waals surface area contributed by atoms with E-state index in [2.05, 4.69) is 43.4 Å². The predicted octanol–water partition coefficient (Wildman–Crippen LogP) is 2.71. The van der Waals surface area contributed by atoms with E-state index >= 15 is 0 Å². The van der Waals surface area contributed by atoms with E-state index < -0.39 is 0 Å². The van der Waals surface area contributed by atoms with Crippen LogP contribution in [0.5, 0.6) is 0 Å². The molecule has 1 fully saturated rings. The van der Waals surface area contributed by atoms with Gasteiger partial charge in [-0.2, -0.15) is 11.8 Å². The number of hydrogen-bond donors (Lipinski definition) is 2. The Balaban J connectivity index is 1.95. The number of nitrogens with one attached hydrogen (secondary N) is 1. The molecule has 2 nitrogen and oxygen atoms in total. The van der Waals surface area contributed by atoms with Gasteiger partial charge in [0.25, 0.3) is 0 Å². The summed E-state index contributed by atoms with van der Waals surface area (Å²) in [6.07, 6.45) is 2.15. The van der Waals surface area contributed by atoms with Gasteiger partial charge in [0.15, 0.2) is 0 Å². The molecular formula is C16H25NOS. The fourth-order valence-corrected chi connectivity index (χ4v) is 4.19. The first-order chi connectivity index (χ1) is 9.12. The summed E-state index contributed by atoms with van der Waals surface area (Å²) in [6.45, 7) is 4.87. The Morgan fingerprint density at radius 2 is 2.11 bits per heavy atom. The Kier molecular flexibility index (Phi) is 5.31. The van der Waals surface area contributed by atoms with E-state index in [1.54, 1.807) is 0 Å². The average molecular weight is 279 g/mol. The third kappa shape index (κ3) is 4.23. The minimum atomic E-state index is 0.158. The molecule has 19 heavy (non-hydrogen) atoms. The van der Waals surface area contributed by atoms with Gasteiger partial charge >= 0.3 is 0 Å². The van der Waals surface area contributed by atoms with Gasteiger partial charge in [-0.15, -0.1) is 0 Å². The molecule has 106 valence electrons. The van der Waals surface area contributed by atoms with Crippen molar-refractivity contribution in [1.82, 2.24) is 5.32 Å². The van der Waals surface area contributed by atoms with E-state index in [1.807, 2.05) is 17.8 Å². The molecule has 1 heterocycles. The van der Waals surface area contributed by atoms with Crippen molar-refractivity contribution in [2.75, 3.05) is 18.1 Å². The molecule has 2 atom stereocenters. The van der Waals surface area contributed by atoms with Crippen LogP contribution < -0.4 is 5.32 Å². The van der Waals surface area contributed by atoms with Crippen molar-refractivity contribution in [3.05, 3.63) is 35.9 Å². The minimum absolute atomic E-state index is 0.158. The highest BCUT2D eigenvalue weighted by Crippen LogP contribution is 2.34. The molecular weight excluding hydrogens is 254 g/mol. The van der Waals surface area contributed by atoms with Crippen LogP contribution in [0.3, 0.4) is 0 Å². The van der Waals surface area contributed by atoms with Crippen LogP contribution >= 0.6 is 11.8 Å². The Labute approximate surface area is 121 Å². The van der Waals surface area contributed by atoms with E-state index in [0.29, 0.717) is 11.5 Å². The van der Waals surface area contributed by atoms with Crippen molar-refractivity contribution in [2.45, 2.75) is 38.8 Å². The molecule has 0 radical (unpaired) electrons. The Morgan fingerprint density at radius 1 is 1.37 bits per heavy atom. The number of rotatable bonds is 5. The first kappa shape index (κ1) is 14.9. The van der Waals surface area contributed by atoms with Crippen LogP contribution in [0, 0.1) is 5.41 Å². The lowest BCUT2D eigenvalue weighted by atomic mass is 9.81. The summed E-state index contributed by atoms with van der Waals surface area (Å²) in [5.74, 6) is 2.41. The third-order valence-corrected chi connectivity index (χ3v) is 5.16. The fraction of sp³-hybridized carbons (Fsp3) is 0.625. The lowest BCUT2D eigenvalue weighted by Crippen LogP contribution is -2.52. The molecule has 1 aromatic rings. The Hall–Kier alpha value is -0.510. The Morgan fingerprint density at radius 3 is 2.74 bits per heavy atom. The lowest BCUT2D eigenvalue weighted by molar-refractivity contribution is 0.182. The molecule has 0 bridgehead atoms. The van der Waals surface area contributed by atoms with E-state index in [9.17, 15) is 5.11 Å². The van der Waals surface area contributed by atoms with Crippen LogP contribution in [0.1, 0.15) is 25.8 Å². The summed E-state index contributed by atoms with van der Waals surface area (Å²) in [4.78, 5) is 0. The standard InChI is InChI=1S/C16H25NOS/c1-16(2)8-9-19-12-15(16)17-14(11-18)10-13-6-4-3-5-7-13/h3-7,14-15,17-18H,8-12H2,1-2H3/t14-,15?/m1/s1. The van der Waals surface area contributed by atoms with Crippen molar-refractivity contribution in [1.29, 1.82) is 0 Å². The molecule has 1 aliphatic heterocycles. The van der Waals surface area contributed by atoms with Gasteiger partial charge in [0.05, 0.1) is 6.61 Å². The summed E-state index contributed by atoms with van der Waals surface area (Å²) in [6, 6.07) is 11.1. The Bertz CT molecular complexity index is 380. The topological polar surface area (TPSA) is 32.3 Å². The van der Waals surface area contributed by atoms with Gasteiger partial charge in [-0.05, 0) is 29.6 Å². The monoisotopic (exact) mass is 279 g/mol. The molecule has 0 aliphatic carbocycles. The van der Waals surface area contributed by atoms with Crippen LogP contribution in [0.2, 0.25) is 0 Å². The van der Waals surface area contributed by atoms with Gasteiger partial charge in [-0.25, -0.2) is 0 Å².